The lowest BCUT2D eigenvalue weighted by atomic mass is 10.1. The molecule has 0 fully saturated rings. The molecule has 0 radical (unpaired) electrons. The fraction of sp³-hybridized carbons (Fsp3) is 0.429. The van der Waals surface area contributed by atoms with E-state index < -0.39 is 11.9 Å². The van der Waals surface area contributed by atoms with Gasteiger partial charge in [-0.15, -0.1) is 0 Å². The number of aliphatic carboxylic acids is 1. The number of halogens is 2. The first-order chi connectivity index (χ1) is 6.54. The largest absolute Gasteiger partial charge is 0.481 e. The molecule has 14 heavy (non-hydrogen) atoms. The second kappa shape index (κ2) is 4.52. The first kappa shape index (κ1) is 11.1. The third-order valence-electron chi connectivity index (χ3n) is 1.62. The van der Waals surface area contributed by atoms with E-state index in [1.807, 2.05) is 0 Å². The highest BCUT2D eigenvalue weighted by Gasteiger charge is 2.21. The Morgan fingerprint density at radius 1 is 1.36 bits per heavy atom. The molecule has 1 heterocycles. The van der Waals surface area contributed by atoms with Gasteiger partial charge in [0, 0.05) is 0 Å². The zero-order valence-electron chi connectivity index (χ0n) is 7.24. The van der Waals surface area contributed by atoms with Gasteiger partial charge < -0.3 is 5.11 Å². The van der Waals surface area contributed by atoms with Crippen molar-refractivity contribution in [2.75, 3.05) is 0 Å². The molecule has 76 valence electrons. The van der Waals surface area contributed by atoms with Crippen LogP contribution in [0.2, 0.25) is 10.6 Å². The summed E-state index contributed by atoms with van der Waals surface area (Å²) in [6.45, 7) is 1.71. The number of hydrogen-bond acceptors (Lipinski definition) is 4. The molecule has 0 saturated carbocycles. The number of carbonyl (C=O) groups is 1. The predicted octanol–water partition coefficient (Wildman–Crippen LogP) is 1.76. The zero-order valence-corrected chi connectivity index (χ0v) is 8.75. The molecule has 0 spiro atoms. The van der Waals surface area contributed by atoms with Crippen LogP contribution in [0.3, 0.4) is 0 Å². The summed E-state index contributed by atoms with van der Waals surface area (Å²) in [5.74, 6) is -1.72. The van der Waals surface area contributed by atoms with Crippen molar-refractivity contribution in [1.29, 1.82) is 0 Å². The Labute approximate surface area is 90.1 Å². The third kappa shape index (κ3) is 2.52. The summed E-state index contributed by atoms with van der Waals surface area (Å²) in [5, 5.41) is 8.63. The van der Waals surface area contributed by atoms with Gasteiger partial charge in [-0.1, -0.05) is 6.92 Å². The van der Waals surface area contributed by atoms with Gasteiger partial charge in [0.1, 0.15) is 11.7 Å². The molecule has 0 aliphatic carbocycles. The summed E-state index contributed by atoms with van der Waals surface area (Å²) in [6, 6.07) is 0. The molecule has 1 atom stereocenters. The molecule has 1 unspecified atom stereocenters. The molecule has 5 nitrogen and oxygen atoms in total. The van der Waals surface area contributed by atoms with E-state index in [1.54, 1.807) is 6.92 Å². The van der Waals surface area contributed by atoms with Crippen LogP contribution in [0.25, 0.3) is 0 Å². The Bertz CT molecular complexity index is 339. The van der Waals surface area contributed by atoms with Crippen LogP contribution in [0, 0.1) is 0 Å². The molecule has 1 rings (SSSR count). The monoisotopic (exact) mass is 235 g/mol. The van der Waals surface area contributed by atoms with Crippen molar-refractivity contribution >= 4 is 29.2 Å². The minimum atomic E-state index is -1.01. The minimum Gasteiger partial charge on any atom is -0.481 e. The van der Waals surface area contributed by atoms with Gasteiger partial charge in [-0.2, -0.15) is 4.98 Å². The van der Waals surface area contributed by atoms with Crippen molar-refractivity contribution in [2.45, 2.75) is 19.3 Å². The van der Waals surface area contributed by atoms with E-state index in [0.717, 1.165) is 0 Å². The second-order valence-corrected chi connectivity index (χ2v) is 3.21. The van der Waals surface area contributed by atoms with E-state index in [4.69, 9.17) is 28.3 Å². The summed E-state index contributed by atoms with van der Waals surface area (Å²) < 4.78 is 0. The van der Waals surface area contributed by atoms with Crippen LogP contribution in [0.15, 0.2) is 0 Å². The van der Waals surface area contributed by atoms with E-state index >= 15 is 0 Å². The summed E-state index contributed by atoms with van der Waals surface area (Å²) in [6.07, 6.45) is 0.367. The standard InChI is InChI=1S/C7H7Cl2N3O2/c1-2-3(5(13)14)4-10-6(8)12-7(9)11-4/h3H,2H2,1H3,(H,13,14). The van der Waals surface area contributed by atoms with E-state index in [2.05, 4.69) is 15.0 Å². The molecule has 0 saturated heterocycles. The van der Waals surface area contributed by atoms with Gasteiger partial charge in [-0.3, -0.25) is 4.79 Å². The number of nitrogens with zero attached hydrogens (tertiary/aromatic N) is 3. The summed E-state index contributed by atoms with van der Waals surface area (Å²) in [4.78, 5) is 21.7. The quantitative estimate of drug-likeness (QED) is 0.865. The van der Waals surface area contributed by atoms with Crippen LogP contribution in [0.5, 0.6) is 0 Å². The highest BCUT2D eigenvalue weighted by molar-refractivity contribution is 6.31. The molecule has 1 aromatic rings. The van der Waals surface area contributed by atoms with Gasteiger partial charge >= 0.3 is 5.97 Å². The minimum absolute atomic E-state index is 0.0880. The van der Waals surface area contributed by atoms with Crippen LogP contribution in [0.1, 0.15) is 25.1 Å². The predicted molar refractivity (Wildman–Crippen MR) is 50.5 cm³/mol. The summed E-state index contributed by atoms with van der Waals surface area (Å²) >= 11 is 11.0. The Balaban J connectivity index is 3.10. The maximum Gasteiger partial charge on any atom is 0.314 e. The van der Waals surface area contributed by atoms with Crippen molar-refractivity contribution in [3.63, 3.8) is 0 Å². The van der Waals surface area contributed by atoms with Crippen LogP contribution in [-0.2, 0) is 4.79 Å². The Kier molecular flexibility index (Phi) is 3.60. The number of carboxylic acids is 1. The molecular weight excluding hydrogens is 229 g/mol. The van der Waals surface area contributed by atoms with E-state index in [9.17, 15) is 4.79 Å². The molecule has 0 aliphatic heterocycles. The molecular formula is C7H7Cl2N3O2. The van der Waals surface area contributed by atoms with Gasteiger partial charge in [0.15, 0.2) is 0 Å². The Hall–Kier alpha value is -0.940. The molecule has 0 aromatic carbocycles. The Morgan fingerprint density at radius 2 is 1.86 bits per heavy atom. The molecule has 0 bridgehead atoms. The average molecular weight is 236 g/mol. The summed E-state index contributed by atoms with van der Waals surface area (Å²) in [5.41, 5.74) is 0. The third-order valence-corrected chi connectivity index (χ3v) is 1.95. The number of carboxylic acid groups (broad SMARTS) is 1. The van der Waals surface area contributed by atoms with Crippen molar-refractivity contribution in [3.8, 4) is 0 Å². The first-order valence-electron chi connectivity index (χ1n) is 3.84. The van der Waals surface area contributed by atoms with Gasteiger partial charge in [-0.25, -0.2) is 9.97 Å². The zero-order chi connectivity index (χ0) is 10.7. The van der Waals surface area contributed by atoms with Gasteiger partial charge in [0.25, 0.3) is 0 Å². The van der Waals surface area contributed by atoms with Gasteiger partial charge in [-0.05, 0) is 29.6 Å². The molecule has 7 heteroatoms. The van der Waals surface area contributed by atoms with Crippen molar-refractivity contribution in [3.05, 3.63) is 16.4 Å². The first-order valence-corrected chi connectivity index (χ1v) is 4.60. The lowest BCUT2D eigenvalue weighted by molar-refractivity contribution is -0.139. The molecule has 0 amide bonds. The SMILES string of the molecule is CCC(C(=O)O)c1nc(Cl)nc(Cl)n1. The fourth-order valence-corrected chi connectivity index (χ4v) is 1.34. The van der Waals surface area contributed by atoms with E-state index in [1.165, 1.54) is 0 Å². The fourth-order valence-electron chi connectivity index (χ4n) is 0.964. The van der Waals surface area contributed by atoms with Gasteiger partial charge in [0.2, 0.25) is 10.6 Å². The highest BCUT2D eigenvalue weighted by Crippen LogP contribution is 2.18. The average Bonchev–Trinajstić information content (AvgIpc) is 2.02. The lowest BCUT2D eigenvalue weighted by Crippen LogP contribution is -2.14. The van der Waals surface area contributed by atoms with Crippen molar-refractivity contribution in [2.24, 2.45) is 0 Å². The lowest BCUT2D eigenvalue weighted by Gasteiger charge is -2.07. The van der Waals surface area contributed by atoms with Crippen LogP contribution >= 0.6 is 23.2 Å². The van der Waals surface area contributed by atoms with Crippen molar-refractivity contribution in [1.82, 2.24) is 15.0 Å². The normalized spacial score (nSPS) is 12.5. The van der Waals surface area contributed by atoms with E-state index in [-0.39, 0.29) is 16.4 Å². The van der Waals surface area contributed by atoms with Gasteiger partial charge in [0.05, 0.1) is 0 Å². The number of hydrogen-bond donors (Lipinski definition) is 1. The smallest absolute Gasteiger partial charge is 0.314 e. The van der Waals surface area contributed by atoms with Crippen molar-refractivity contribution < 1.29 is 9.90 Å². The highest BCUT2D eigenvalue weighted by atomic mass is 35.5. The van der Waals surface area contributed by atoms with Crippen LogP contribution in [0.4, 0.5) is 0 Å². The number of rotatable bonds is 3. The van der Waals surface area contributed by atoms with Crippen LogP contribution in [-0.4, -0.2) is 26.0 Å². The van der Waals surface area contributed by atoms with E-state index in [0.29, 0.717) is 6.42 Å². The maximum absolute atomic E-state index is 10.8. The molecule has 1 aromatic heterocycles. The summed E-state index contributed by atoms with van der Waals surface area (Å²) in [7, 11) is 0. The maximum atomic E-state index is 10.8. The molecule has 0 aliphatic rings. The second-order valence-electron chi connectivity index (χ2n) is 2.53. The number of aromatic nitrogens is 3. The topological polar surface area (TPSA) is 76.0 Å². The molecule has 1 N–H and O–H groups in total. The van der Waals surface area contributed by atoms with Crippen LogP contribution < -0.4 is 0 Å². The Morgan fingerprint density at radius 3 is 2.21 bits per heavy atom.